The van der Waals surface area contributed by atoms with Gasteiger partial charge in [-0.05, 0) is 103 Å². The second-order valence-electron chi connectivity index (χ2n) is 26.8. The molecule has 0 radical (unpaired) electrons. The van der Waals surface area contributed by atoms with Gasteiger partial charge in [0, 0.05) is 6.42 Å². The number of ether oxygens (including phenoxy) is 4. The van der Waals surface area contributed by atoms with Crippen molar-refractivity contribution in [3.05, 3.63) is 146 Å². The van der Waals surface area contributed by atoms with Crippen molar-refractivity contribution in [2.24, 2.45) is 0 Å². The van der Waals surface area contributed by atoms with E-state index in [9.17, 15) is 45.6 Å². The lowest BCUT2D eigenvalue weighted by molar-refractivity contribution is -0.359. The Hall–Kier alpha value is -4.13. The number of nitrogens with one attached hydrogen (secondary N) is 1. The standard InChI is InChI=1S/C84H141NO13/c1-3-5-7-9-11-13-15-17-19-21-23-25-27-28-29-30-31-32-33-34-35-36-37-38-39-40-41-42-43-44-46-48-50-52-54-56-58-60-62-64-66-68-76(89)85-72(71-95-83-81(94)79(92)82(75(70-87)97-83)98-84-80(93)78(91)77(90)74(69-86)96-84)73(88)67-65-63-61-59-57-55-53-51-49-47-45-26-24-22-20-18-16-14-12-10-8-6-4-2/h5,7,11,13,17,19,23,25,28-29,31-32,34-35,37-38,40-41,43-44,48,50,54,56,72-75,77-84,86-88,90-94H,3-4,6,8-10,12,14-16,18,20-22,24,26-27,30,33,36,39,42,45-47,49,51-53,55,57-71H2,1-2H3,(H,85,89)/b7-5-,13-11-,19-17-,25-23-,29-28-,32-31-,35-34-,38-37-,41-40-,44-43-,50-48-,56-54-. The average Bonchev–Trinajstić information content (AvgIpc) is 0.793. The van der Waals surface area contributed by atoms with Crippen molar-refractivity contribution in [3.63, 3.8) is 0 Å². The zero-order valence-corrected chi connectivity index (χ0v) is 61.2. The van der Waals surface area contributed by atoms with Gasteiger partial charge in [-0.3, -0.25) is 4.79 Å². The van der Waals surface area contributed by atoms with Crippen LogP contribution in [-0.4, -0.2) is 140 Å². The first-order valence-electron chi connectivity index (χ1n) is 39.1. The minimum atomic E-state index is -1.79. The first-order valence-corrected chi connectivity index (χ1v) is 39.1. The van der Waals surface area contributed by atoms with Gasteiger partial charge in [-0.2, -0.15) is 0 Å². The Morgan fingerprint density at radius 3 is 1.08 bits per heavy atom. The van der Waals surface area contributed by atoms with Crippen molar-refractivity contribution in [2.75, 3.05) is 19.8 Å². The fraction of sp³-hybridized carbons (Fsp3) is 0.702. The topological polar surface area (TPSA) is 228 Å². The minimum absolute atomic E-state index is 0.234. The number of allylic oxidation sites excluding steroid dienone is 24. The Balaban J connectivity index is 1.65. The van der Waals surface area contributed by atoms with Gasteiger partial charge < -0.3 is 65.1 Å². The van der Waals surface area contributed by atoms with Crippen LogP contribution in [-0.2, 0) is 23.7 Å². The Labute approximate surface area is 595 Å². The molecule has 12 unspecified atom stereocenters. The number of aliphatic hydroxyl groups excluding tert-OH is 8. The molecule has 1 amide bonds. The summed E-state index contributed by atoms with van der Waals surface area (Å²) >= 11 is 0. The molecule has 0 aromatic rings. The van der Waals surface area contributed by atoms with Gasteiger partial charge in [0.2, 0.25) is 5.91 Å². The molecule has 14 heteroatoms. The van der Waals surface area contributed by atoms with Crippen molar-refractivity contribution in [2.45, 2.75) is 357 Å². The molecule has 0 saturated carbocycles. The van der Waals surface area contributed by atoms with Crippen molar-refractivity contribution in [3.8, 4) is 0 Å². The number of carbonyl (C=O) groups excluding carboxylic acids is 1. The lowest BCUT2D eigenvalue weighted by Crippen LogP contribution is -2.65. The van der Waals surface area contributed by atoms with Crippen LogP contribution in [0.1, 0.15) is 284 Å². The molecule has 2 aliphatic rings. The highest BCUT2D eigenvalue weighted by Gasteiger charge is 2.51. The molecule has 0 bridgehead atoms. The summed E-state index contributed by atoms with van der Waals surface area (Å²) in [4.78, 5) is 13.4. The Bertz CT molecular complexity index is 2210. The maximum Gasteiger partial charge on any atom is 0.220 e. The zero-order valence-electron chi connectivity index (χ0n) is 61.2. The molecule has 2 aliphatic heterocycles. The summed E-state index contributed by atoms with van der Waals surface area (Å²) in [5.74, 6) is -0.234. The van der Waals surface area contributed by atoms with Crippen LogP contribution in [0.4, 0.5) is 0 Å². The predicted molar refractivity (Wildman–Crippen MR) is 405 cm³/mol. The highest BCUT2D eigenvalue weighted by atomic mass is 16.7. The van der Waals surface area contributed by atoms with Crippen LogP contribution in [0.15, 0.2) is 146 Å². The van der Waals surface area contributed by atoms with Gasteiger partial charge in [-0.25, -0.2) is 0 Å². The molecule has 9 N–H and O–H groups in total. The summed E-state index contributed by atoms with van der Waals surface area (Å²) in [6.45, 7) is 2.75. The van der Waals surface area contributed by atoms with Crippen molar-refractivity contribution >= 4 is 5.91 Å². The summed E-state index contributed by atoms with van der Waals surface area (Å²) in [6.07, 6.45) is 82.9. The monoisotopic (exact) mass is 1370 g/mol. The Morgan fingerprint density at radius 2 is 0.704 bits per heavy atom. The van der Waals surface area contributed by atoms with Crippen molar-refractivity contribution in [1.29, 1.82) is 0 Å². The second-order valence-corrected chi connectivity index (χ2v) is 26.8. The minimum Gasteiger partial charge on any atom is -0.394 e. The van der Waals surface area contributed by atoms with Gasteiger partial charge >= 0.3 is 0 Å². The highest BCUT2D eigenvalue weighted by molar-refractivity contribution is 5.76. The zero-order chi connectivity index (χ0) is 70.8. The van der Waals surface area contributed by atoms with Gasteiger partial charge in [-0.1, -0.05) is 320 Å². The smallest absolute Gasteiger partial charge is 0.220 e. The summed E-state index contributed by atoms with van der Waals surface area (Å²) in [5.41, 5.74) is 0. The molecule has 14 nitrogen and oxygen atoms in total. The molecule has 98 heavy (non-hydrogen) atoms. The first-order chi connectivity index (χ1) is 48.1. The largest absolute Gasteiger partial charge is 0.394 e. The summed E-state index contributed by atoms with van der Waals surface area (Å²) in [7, 11) is 0. The second kappa shape index (κ2) is 66.1. The van der Waals surface area contributed by atoms with Gasteiger partial charge in [0.05, 0.1) is 32.0 Å². The number of rotatable bonds is 63. The van der Waals surface area contributed by atoms with Crippen LogP contribution >= 0.6 is 0 Å². The molecule has 2 fully saturated rings. The van der Waals surface area contributed by atoms with Crippen LogP contribution in [0, 0.1) is 0 Å². The third-order valence-electron chi connectivity index (χ3n) is 18.1. The number of aliphatic hydroxyl groups is 8. The molecular formula is C84H141NO13. The van der Waals surface area contributed by atoms with E-state index in [1.807, 2.05) is 0 Å². The van der Waals surface area contributed by atoms with E-state index in [0.29, 0.717) is 12.8 Å². The van der Waals surface area contributed by atoms with E-state index in [0.717, 1.165) is 128 Å². The molecule has 0 spiro atoms. The van der Waals surface area contributed by atoms with Gasteiger partial charge in [0.25, 0.3) is 0 Å². The average molecular weight is 1370 g/mol. The summed E-state index contributed by atoms with van der Waals surface area (Å²) in [6, 6.07) is -0.855. The quantitative estimate of drug-likeness (QED) is 0.0204. The fourth-order valence-electron chi connectivity index (χ4n) is 11.9. The molecule has 12 atom stereocenters. The third-order valence-corrected chi connectivity index (χ3v) is 18.1. The van der Waals surface area contributed by atoms with Crippen LogP contribution in [0.5, 0.6) is 0 Å². The van der Waals surface area contributed by atoms with Gasteiger partial charge in [-0.15, -0.1) is 0 Å². The van der Waals surface area contributed by atoms with Crippen LogP contribution in [0.25, 0.3) is 0 Å². The van der Waals surface area contributed by atoms with Crippen LogP contribution in [0.2, 0.25) is 0 Å². The van der Waals surface area contributed by atoms with E-state index in [1.165, 1.54) is 122 Å². The van der Waals surface area contributed by atoms with Gasteiger partial charge in [0.15, 0.2) is 12.6 Å². The molecule has 2 saturated heterocycles. The van der Waals surface area contributed by atoms with E-state index in [2.05, 4.69) is 165 Å². The fourth-order valence-corrected chi connectivity index (χ4v) is 11.9. The molecule has 2 rings (SSSR count). The molecule has 0 aromatic carbocycles. The van der Waals surface area contributed by atoms with E-state index >= 15 is 0 Å². The molecule has 0 aliphatic carbocycles. The van der Waals surface area contributed by atoms with Gasteiger partial charge in [0.1, 0.15) is 48.8 Å². The number of unbranched alkanes of at least 4 members (excludes halogenated alkanes) is 26. The first kappa shape index (κ1) is 90.0. The predicted octanol–water partition coefficient (Wildman–Crippen LogP) is 17.6. The van der Waals surface area contributed by atoms with E-state index < -0.39 is 86.8 Å². The maximum atomic E-state index is 13.4. The van der Waals surface area contributed by atoms with Crippen LogP contribution < -0.4 is 5.32 Å². The summed E-state index contributed by atoms with van der Waals surface area (Å²) < 4.78 is 22.9. The number of carbonyl (C=O) groups is 1. The van der Waals surface area contributed by atoms with E-state index in [1.54, 1.807) is 0 Å². The summed E-state index contributed by atoms with van der Waals surface area (Å²) in [5, 5.41) is 87.8. The number of hydrogen-bond acceptors (Lipinski definition) is 13. The van der Waals surface area contributed by atoms with E-state index in [4.69, 9.17) is 18.9 Å². The molecular weight excluding hydrogens is 1230 g/mol. The number of hydrogen-bond donors (Lipinski definition) is 9. The third kappa shape index (κ3) is 48.7. The molecule has 0 aromatic heterocycles. The number of amides is 1. The maximum absolute atomic E-state index is 13.4. The Kier molecular flexibility index (Phi) is 60.7. The SMILES string of the molecule is CC/C=C\C/C=C\C/C=C\C/C=C\C/C=C\C/C=C\C/C=C\C/C=C\C/C=C\C/C=C\C/C=C\C/C=C\CCCCCCC(=O)NC(COC1OC(CO)C(OC2OC(CO)C(O)C(O)C2O)C(O)C1O)C(O)CCCCCCCCCCCCCCCCCCCCCCCCC. The normalized spacial score (nSPS) is 22.9. The highest BCUT2D eigenvalue weighted by Crippen LogP contribution is 2.30. The molecule has 560 valence electrons. The lowest BCUT2D eigenvalue weighted by atomic mass is 9.97. The van der Waals surface area contributed by atoms with Crippen LogP contribution in [0.3, 0.4) is 0 Å². The van der Waals surface area contributed by atoms with Crippen molar-refractivity contribution < 1.29 is 64.6 Å². The Morgan fingerprint density at radius 1 is 0.378 bits per heavy atom. The molecule has 2 heterocycles. The van der Waals surface area contributed by atoms with Crippen molar-refractivity contribution in [1.82, 2.24) is 5.32 Å². The lowest BCUT2D eigenvalue weighted by Gasteiger charge is -2.46. The van der Waals surface area contributed by atoms with E-state index in [-0.39, 0.29) is 18.9 Å².